The van der Waals surface area contributed by atoms with Gasteiger partial charge in [0.1, 0.15) is 6.61 Å². The number of rotatable bonds is 5. The van der Waals surface area contributed by atoms with Crippen molar-refractivity contribution in [3.05, 3.63) is 41.8 Å². The van der Waals surface area contributed by atoms with Gasteiger partial charge in [-0.3, -0.25) is 14.8 Å². The first-order valence-electron chi connectivity index (χ1n) is 9.30. The fourth-order valence-corrected chi connectivity index (χ4v) is 4.44. The number of nitrogens with zero attached hydrogens (tertiary/aromatic N) is 5. The van der Waals surface area contributed by atoms with Gasteiger partial charge in [0.25, 0.3) is 5.89 Å². The Hall–Kier alpha value is -1.83. The lowest BCUT2D eigenvalue weighted by Gasteiger charge is -2.39. The van der Waals surface area contributed by atoms with Crippen LogP contribution in [0.4, 0.5) is 0 Å². The molecule has 4 rings (SSSR count). The summed E-state index contributed by atoms with van der Waals surface area (Å²) in [5, 5.41) is 4.19. The van der Waals surface area contributed by atoms with E-state index in [0.29, 0.717) is 17.9 Å². The SMILES string of the molecule is COCc1nc(C2CC3(CCN(Cc4cccnc4)CC3)CN2C)no1. The minimum absolute atomic E-state index is 0.245. The van der Waals surface area contributed by atoms with Gasteiger partial charge in [-0.05, 0) is 56.4 Å². The van der Waals surface area contributed by atoms with Crippen molar-refractivity contribution in [2.24, 2.45) is 5.41 Å². The molecule has 2 aromatic rings. The predicted octanol–water partition coefficient (Wildman–Crippen LogP) is 2.27. The summed E-state index contributed by atoms with van der Waals surface area (Å²) in [5.74, 6) is 1.36. The molecule has 26 heavy (non-hydrogen) atoms. The average Bonchev–Trinajstić information content (AvgIpc) is 3.23. The van der Waals surface area contributed by atoms with E-state index in [0.717, 1.165) is 38.4 Å². The summed E-state index contributed by atoms with van der Waals surface area (Å²) in [6, 6.07) is 4.42. The van der Waals surface area contributed by atoms with Gasteiger partial charge < -0.3 is 9.26 Å². The van der Waals surface area contributed by atoms with E-state index in [9.17, 15) is 0 Å². The largest absolute Gasteiger partial charge is 0.375 e. The Bertz CT molecular complexity index is 712. The van der Waals surface area contributed by atoms with Crippen LogP contribution in [0.15, 0.2) is 29.0 Å². The first-order valence-corrected chi connectivity index (χ1v) is 9.30. The molecule has 140 valence electrons. The standard InChI is InChI=1S/C19H27N5O2/c1-23-14-19(10-16(23)18-21-17(13-25-2)26-22-18)5-8-24(9-6-19)12-15-4-3-7-20-11-15/h3-4,7,11,16H,5-6,8-10,12-14H2,1-2H3. The van der Waals surface area contributed by atoms with Crippen molar-refractivity contribution in [1.82, 2.24) is 24.9 Å². The number of hydrogen-bond acceptors (Lipinski definition) is 7. The summed E-state index contributed by atoms with van der Waals surface area (Å²) in [5.41, 5.74) is 1.66. The smallest absolute Gasteiger partial charge is 0.252 e. The van der Waals surface area contributed by atoms with Gasteiger partial charge in [0.05, 0.1) is 6.04 Å². The Morgan fingerprint density at radius 1 is 1.35 bits per heavy atom. The van der Waals surface area contributed by atoms with Crippen LogP contribution in [0.2, 0.25) is 0 Å². The zero-order chi connectivity index (χ0) is 18.0. The topological polar surface area (TPSA) is 67.5 Å². The molecule has 2 saturated heterocycles. The highest BCUT2D eigenvalue weighted by atomic mass is 16.5. The van der Waals surface area contributed by atoms with Gasteiger partial charge in [-0.2, -0.15) is 4.98 Å². The maximum absolute atomic E-state index is 5.30. The van der Waals surface area contributed by atoms with Gasteiger partial charge in [-0.25, -0.2) is 0 Å². The number of piperidine rings is 1. The third-order valence-corrected chi connectivity index (χ3v) is 5.84. The molecule has 7 heteroatoms. The summed E-state index contributed by atoms with van der Waals surface area (Å²) >= 11 is 0. The number of aromatic nitrogens is 3. The van der Waals surface area contributed by atoms with Crippen LogP contribution in [-0.2, 0) is 17.9 Å². The molecule has 2 aliphatic heterocycles. The van der Waals surface area contributed by atoms with Crippen molar-refractivity contribution in [1.29, 1.82) is 0 Å². The van der Waals surface area contributed by atoms with Crippen LogP contribution in [0, 0.1) is 5.41 Å². The predicted molar refractivity (Wildman–Crippen MR) is 96.2 cm³/mol. The average molecular weight is 357 g/mol. The second-order valence-electron chi connectivity index (χ2n) is 7.75. The Labute approximate surface area is 154 Å². The number of hydrogen-bond donors (Lipinski definition) is 0. The lowest BCUT2D eigenvalue weighted by atomic mass is 9.76. The zero-order valence-corrected chi connectivity index (χ0v) is 15.6. The van der Waals surface area contributed by atoms with Crippen LogP contribution in [0.1, 0.15) is 42.6 Å². The summed E-state index contributed by atoms with van der Waals surface area (Å²) in [6.07, 6.45) is 7.35. The fourth-order valence-electron chi connectivity index (χ4n) is 4.44. The summed E-state index contributed by atoms with van der Waals surface area (Å²) in [7, 11) is 3.81. The van der Waals surface area contributed by atoms with Gasteiger partial charge >= 0.3 is 0 Å². The summed E-state index contributed by atoms with van der Waals surface area (Å²) < 4.78 is 10.4. The molecule has 7 nitrogen and oxygen atoms in total. The molecule has 0 N–H and O–H groups in total. The summed E-state index contributed by atoms with van der Waals surface area (Å²) in [6.45, 7) is 4.74. The highest BCUT2D eigenvalue weighted by Gasteiger charge is 2.46. The molecule has 0 bridgehead atoms. The van der Waals surface area contributed by atoms with Gasteiger partial charge in [-0.15, -0.1) is 0 Å². The van der Waals surface area contributed by atoms with Crippen molar-refractivity contribution in [2.45, 2.75) is 38.5 Å². The highest BCUT2D eigenvalue weighted by Crippen LogP contribution is 2.47. The van der Waals surface area contributed by atoms with Crippen molar-refractivity contribution in [3.8, 4) is 0 Å². The molecule has 2 aromatic heterocycles. The number of pyridine rings is 1. The first kappa shape index (κ1) is 17.6. The quantitative estimate of drug-likeness (QED) is 0.813. The van der Waals surface area contributed by atoms with E-state index < -0.39 is 0 Å². The van der Waals surface area contributed by atoms with Crippen LogP contribution in [0.3, 0.4) is 0 Å². The van der Waals surface area contributed by atoms with Crippen LogP contribution in [-0.4, -0.2) is 58.7 Å². The van der Waals surface area contributed by atoms with E-state index in [1.165, 1.54) is 18.4 Å². The third-order valence-electron chi connectivity index (χ3n) is 5.84. The normalized spacial score (nSPS) is 23.7. The fraction of sp³-hybridized carbons (Fsp3) is 0.632. The molecule has 0 aromatic carbocycles. The first-order chi connectivity index (χ1) is 12.7. The Morgan fingerprint density at radius 2 is 2.19 bits per heavy atom. The zero-order valence-electron chi connectivity index (χ0n) is 15.6. The van der Waals surface area contributed by atoms with E-state index >= 15 is 0 Å². The molecular formula is C19H27N5O2. The molecule has 0 radical (unpaired) electrons. The molecule has 0 aliphatic carbocycles. The Morgan fingerprint density at radius 3 is 2.92 bits per heavy atom. The molecule has 2 fully saturated rings. The molecule has 1 unspecified atom stereocenters. The Kier molecular flexibility index (Phi) is 5.02. The van der Waals surface area contributed by atoms with Gasteiger partial charge in [0.2, 0.25) is 0 Å². The summed E-state index contributed by atoms with van der Waals surface area (Å²) in [4.78, 5) is 13.7. The molecule has 4 heterocycles. The van der Waals surface area contributed by atoms with E-state index in [-0.39, 0.29) is 6.04 Å². The van der Waals surface area contributed by atoms with E-state index in [2.05, 4.69) is 38.0 Å². The number of methoxy groups -OCH3 is 1. The van der Waals surface area contributed by atoms with Gasteiger partial charge in [-0.1, -0.05) is 11.2 Å². The van der Waals surface area contributed by atoms with Crippen LogP contribution in [0.5, 0.6) is 0 Å². The van der Waals surface area contributed by atoms with Gasteiger partial charge in [0.15, 0.2) is 5.82 Å². The van der Waals surface area contributed by atoms with Crippen molar-refractivity contribution < 1.29 is 9.26 Å². The molecule has 0 saturated carbocycles. The van der Waals surface area contributed by atoms with Crippen molar-refractivity contribution >= 4 is 0 Å². The maximum Gasteiger partial charge on any atom is 0.252 e. The maximum atomic E-state index is 5.30. The second kappa shape index (κ2) is 7.42. The molecule has 1 spiro atoms. The molecule has 0 amide bonds. The monoisotopic (exact) mass is 357 g/mol. The highest BCUT2D eigenvalue weighted by molar-refractivity contribution is 5.09. The third kappa shape index (κ3) is 3.65. The van der Waals surface area contributed by atoms with E-state index in [4.69, 9.17) is 9.26 Å². The molecule has 1 atom stereocenters. The number of likely N-dealkylation sites (tertiary alicyclic amines) is 2. The molecule has 2 aliphatic rings. The van der Waals surface area contributed by atoms with E-state index in [1.807, 2.05) is 18.5 Å². The Balaban J connectivity index is 1.36. The number of ether oxygens (including phenoxy) is 1. The lowest BCUT2D eigenvalue weighted by Crippen LogP contribution is -2.40. The van der Waals surface area contributed by atoms with Crippen molar-refractivity contribution in [2.75, 3.05) is 33.8 Å². The molecular weight excluding hydrogens is 330 g/mol. The van der Waals surface area contributed by atoms with Crippen molar-refractivity contribution in [3.63, 3.8) is 0 Å². The van der Waals surface area contributed by atoms with Crippen LogP contribution < -0.4 is 0 Å². The van der Waals surface area contributed by atoms with Gasteiger partial charge in [0, 0.05) is 32.6 Å². The minimum Gasteiger partial charge on any atom is -0.375 e. The lowest BCUT2D eigenvalue weighted by molar-refractivity contribution is 0.105. The van der Waals surface area contributed by atoms with Crippen LogP contribution >= 0.6 is 0 Å². The van der Waals surface area contributed by atoms with E-state index in [1.54, 1.807) is 7.11 Å². The van der Waals surface area contributed by atoms with Crippen LogP contribution in [0.25, 0.3) is 0 Å². The second-order valence-corrected chi connectivity index (χ2v) is 7.75. The minimum atomic E-state index is 0.245.